The summed E-state index contributed by atoms with van der Waals surface area (Å²) in [5.74, 6) is -2.15. The fourth-order valence-corrected chi connectivity index (χ4v) is 5.29. The zero-order valence-electron chi connectivity index (χ0n) is 13.8. The van der Waals surface area contributed by atoms with Crippen molar-refractivity contribution < 1.29 is 44.3 Å². The van der Waals surface area contributed by atoms with Crippen LogP contribution in [-0.2, 0) is 47.7 Å². The molecule has 2 unspecified atom stereocenters. The van der Waals surface area contributed by atoms with E-state index in [0.717, 1.165) is 0 Å². The standard InChI is InChI=1S/C13H20O10S2/c1-12(6-20-24(16,17)8-12)22-10(14)4-3-5-11(15)23-13(2)7-21-25(18,19)9-13/h3-9H2,1-2H3. The molecule has 0 radical (unpaired) electrons. The Morgan fingerprint density at radius 3 is 1.48 bits per heavy atom. The Balaban J connectivity index is 1.72. The van der Waals surface area contributed by atoms with Gasteiger partial charge in [-0.3, -0.25) is 18.0 Å². The number of rotatable bonds is 6. The second-order valence-electron chi connectivity index (χ2n) is 6.63. The van der Waals surface area contributed by atoms with E-state index in [1.54, 1.807) is 0 Å². The van der Waals surface area contributed by atoms with E-state index in [1.807, 2.05) is 0 Å². The lowest BCUT2D eigenvalue weighted by Crippen LogP contribution is -2.36. The molecule has 2 aliphatic heterocycles. The third-order valence-electron chi connectivity index (χ3n) is 3.53. The van der Waals surface area contributed by atoms with Crippen LogP contribution in [0, 0.1) is 0 Å². The first-order valence-electron chi connectivity index (χ1n) is 7.50. The molecule has 0 aromatic heterocycles. The second-order valence-corrected chi connectivity index (χ2v) is 9.91. The minimum Gasteiger partial charge on any atom is -0.456 e. The molecule has 0 bridgehead atoms. The van der Waals surface area contributed by atoms with Gasteiger partial charge >= 0.3 is 11.9 Å². The summed E-state index contributed by atoms with van der Waals surface area (Å²) < 4.78 is 64.3. The first-order chi connectivity index (χ1) is 11.3. The van der Waals surface area contributed by atoms with E-state index in [9.17, 15) is 26.4 Å². The normalized spacial score (nSPS) is 33.0. The van der Waals surface area contributed by atoms with Crippen molar-refractivity contribution in [2.45, 2.75) is 44.3 Å². The number of carbonyl (C=O) groups excluding carboxylic acids is 2. The van der Waals surface area contributed by atoms with Crippen molar-refractivity contribution >= 4 is 32.2 Å². The van der Waals surface area contributed by atoms with E-state index in [2.05, 4.69) is 8.37 Å². The third-order valence-corrected chi connectivity index (χ3v) is 6.42. The second kappa shape index (κ2) is 6.82. The predicted octanol–water partition coefficient (Wildman–Crippen LogP) is -0.519. The summed E-state index contributed by atoms with van der Waals surface area (Å²) in [6.07, 6.45) is -0.114. The molecule has 10 nitrogen and oxygen atoms in total. The molecule has 25 heavy (non-hydrogen) atoms. The van der Waals surface area contributed by atoms with Crippen LogP contribution in [0.4, 0.5) is 0 Å². The molecule has 144 valence electrons. The van der Waals surface area contributed by atoms with Crippen LogP contribution in [0.2, 0.25) is 0 Å². The molecule has 0 aromatic carbocycles. The molecule has 0 amide bonds. The number of hydrogen-bond acceptors (Lipinski definition) is 10. The molecule has 2 fully saturated rings. The highest BCUT2D eigenvalue weighted by Crippen LogP contribution is 2.25. The van der Waals surface area contributed by atoms with Gasteiger partial charge in [-0.2, -0.15) is 16.8 Å². The molecule has 2 atom stereocenters. The monoisotopic (exact) mass is 400 g/mol. The summed E-state index contributed by atoms with van der Waals surface area (Å²) in [7, 11) is -7.35. The molecule has 0 aliphatic carbocycles. The molecule has 12 heteroatoms. The summed E-state index contributed by atoms with van der Waals surface area (Å²) in [6, 6.07) is 0. The molecule has 2 saturated heterocycles. The van der Waals surface area contributed by atoms with Crippen LogP contribution < -0.4 is 0 Å². The Bertz CT molecular complexity index is 692. The number of ether oxygens (including phenoxy) is 2. The van der Waals surface area contributed by atoms with Gasteiger partial charge in [0.25, 0.3) is 20.2 Å². The lowest BCUT2D eigenvalue weighted by Gasteiger charge is -2.21. The first kappa shape index (κ1) is 20.1. The molecule has 2 heterocycles. The molecule has 0 saturated carbocycles. The molecular formula is C13H20O10S2. The van der Waals surface area contributed by atoms with Gasteiger partial charge < -0.3 is 9.47 Å². The van der Waals surface area contributed by atoms with Crippen LogP contribution in [0.25, 0.3) is 0 Å². The van der Waals surface area contributed by atoms with Crippen molar-refractivity contribution in [1.29, 1.82) is 0 Å². The Morgan fingerprint density at radius 2 is 1.20 bits per heavy atom. The van der Waals surface area contributed by atoms with Crippen molar-refractivity contribution in [1.82, 2.24) is 0 Å². The Kier molecular flexibility index (Phi) is 5.47. The maximum Gasteiger partial charge on any atom is 0.306 e. The highest BCUT2D eigenvalue weighted by atomic mass is 32.2. The van der Waals surface area contributed by atoms with Crippen LogP contribution in [-0.4, -0.2) is 64.7 Å². The van der Waals surface area contributed by atoms with Crippen LogP contribution >= 0.6 is 0 Å². The first-order valence-corrected chi connectivity index (χ1v) is 10.7. The lowest BCUT2D eigenvalue weighted by atomic mass is 10.1. The van der Waals surface area contributed by atoms with Gasteiger partial charge in [-0.25, -0.2) is 0 Å². The Labute approximate surface area is 146 Å². The number of carbonyl (C=O) groups is 2. The molecule has 0 spiro atoms. The maximum atomic E-state index is 11.8. The summed E-state index contributed by atoms with van der Waals surface area (Å²) in [5.41, 5.74) is -2.47. The summed E-state index contributed by atoms with van der Waals surface area (Å²) in [6.45, 7) is 2.42. The van der Waals surface area contributed by atoms with E-state index >= 15 is 0 Å². The average Bonchev–Trinajstić information content (AvgIpc) is 2.84. The molecule has 2 rings (SSSR count). The SMILES string of the molecule is CC1(OC(=O)CCCC(=O)OC2(C)COS(=O)(=O)C2)COS(=O)(=O)C1. The van der Waals surface area contributed by atoms with Crippen LogP contribution in [0.15, 0.2) is 0 Å². The van der Waals surface area contributed by atoms with Gasteiger partial charge in [-0.1, -0.05) is 0 Å². The van der Waals surface area contributed by atoms with Gasteiger partial charge in [0.1, 0.15) is 24.7 Å². The summed E-state index contributed by atoms with van der Waals surface area (Å²) in [4.78, 5) is 23.5. The van der Waals surface area contributed by atoms with Crippen molar-refractivity contribution in [2.75, 3.05) is 24.7 Å². The largest absolute Gasteiger partial charge is 0.456 e. The summed E-state index contributed by atoms with van der Waals surface area (Å²) >= 11 is 0. The molecule has 2 aliphatic rings. The zero-order chi connectivity index (χ0) is 18.9. The van der Waals surface area contributed by atoms with E-state index in [-0.39, 0.29) is 32.5 Å². The fraction of sp³-hybridized carbons (Fsp3) is 0.846. The van der Waals surface area contributed by atoms with Crippen LogP contribution in [0.3, 0.4) is 0 Å². The number of hydrogen-bond donors (Lipinski definition) is 0. The molecule has 0 aromatic rings. The quantitative estimate of drug-likeness (QED) is 0.422. The van der Waals surface area contributed by atoms with Gasteiger partial charge in [-0.05, 0) is 20.3 Å². The van der Waals surface area contributed by atoms with Crippen molar-refractivity contribution in [2.24, 2.45) is 0 Å². The maximum absolute atomic E-state index is 11.8. The van der Waals surface area contributed by atoms with E-state index in [0.29, 0.717) is 0 Å². The lowest BCUT2D eigenvalue weighted by molar-refractivity contribution is -0.158. The van der Waals surface area contributed by atoms with E-state index < -0.39 is 54.9 Å². The third kappa shape index (κ3) is 5.90. The van der Waals surface area contributed by atoms with E-state index in [1.165, 1.54) is 13.8 Å². The van der Waals surface area contributed by atoms with Gasteiger partial charge in [0.05, 0.1) is 0 Å². The molecular weight excluding hydrogens is 380 g/mol. The van der Waals surface area contributed by atoms with Gasteiger partial charge in [0.15, 0.2) is 11.2 Å². The van der Waals surface area contributed by atoms with Crippen molar-refractivity contribution in [3.05, 3.63) is 0 Å². The average molecular weight is 400 g/mol. The Hall–Kier alpha value is -1.24. The van der Waals surface area contributed by atoms with E-state index in [4.69, 9.17) is 9.47 Å². The van der Waals surface area contributed by atoms with Crippen LogP contribution in [0.5, 0.6) is 0 Å². The minimum absolute atomic E-state index is 0.115. The smallest absolute Gasteiger partial charge is 0.306 e. The van der Waals surface area contributed by atoms with Gasteiger partial charge in [-0.15, -0.1) is 0 Å². The summed E-state index contributed by atoms with van der Waals surface area (Å²) in [5, 5.41) is 0. The number of esters is 2. The topological polar surface area (TPSA) is 139 Å². The van der Waals surface area contributed by atoms with Crippen molar-refractivity contribution in [3.63, 3.8) is 0 Å². The zero-order valence-corrected chi connectivity index (χ0v) is 15.5. The fourth-order valence-electron chi connectivity index (χ4n) is 2.49. The molecule has 0 N–H and O–H groups in total. The Morgan fingerprint density at radius 1 is 0.840 bits per heavy atom. The van der Waals surface area contributed by atoms with Crippen molar-refractivity contribution in [3.8, 4) is 0 Å². The highest BCUT2D eigenvalue weighted by Gasteiger charge is 2.44. The van der Waals surface area contributed by atoms with Gasteiger partial charge in [0, 0.05) is 12.8 Å². The minimum atomic E-state index is -3.68. The van der Waals surface area contributed by atoms with Gasteiger partial charge in [0.2, 0.25) is 0 Å². The highest BCUT2D eigenvalue weighted by molar-refractivity contribution is 7.87. The predicted molar refractivity (Wildman–Crippen MR) is 82.3 cm³/mol. The van der Waals surface area contributed by atoms with Crippen LogP contribution in [0.1, 0.15) is 33.1 Å².